The number of rotatable bonds is 5. The van der Waals surface area contributed by atoms with Crippen LogP contribution in [-0.2, 0) is 22.7 Å². The first-order valence-corrected chi connectivity index (χ1v) is 19.4. The highest BCUT2D eigenvalue weighted by Crippen LogP contribution is 2.33. The molecule has 1 N–H and O–H groups in total. The normalized spacial score (nSPS) is 21.1. The van der Waals surface area contributed by atoms with Crippen LogP contribution in [-0.4, -0.2) is 62.5 Å². The number of aromatic nitrogens is 2. The maximum atomic E-state index is 13.2. The number of likely N-dealkylation sites (tertiary alicyclic amines) is 1. The number of carbonyl (C=O) groups is 3. The maximum absolute atomic E-state index is 13.2. The lowest BCUT2D eigenvalue weighted by Gasteiger charge is -2.44. The summed E-state index contributed by atoms with van der Waals surface area (Å²) < 4.78 is 2.02. The third kappa shape index (κ3) is 7.54. The Kier molecular flexibility index (Phi) is 10.1. The Morgan fingerprint density at radius 3 is 2.33 bits per heavy atom. The number of nitrogens with one attached hydrogen (secondary N) is 1. The molecule has 4 aliphatic rings. The van der Waals surface area contributed by atoms with Crippen LogP contribution in [0.15, 0.2) is 60.7 Å². The summed E-state index contributed by atoms with van der Waals surface area (Å²) in [6.45, 7) is 7.10. The molecular formula is C45H41ClN6O3. The van der Waals surface area contributed by atoms with E-state index in [2.05, 4.69) is 78.1 Å². The van der Waals surface area contributed by atoms with Crippen molar-refractivity contribution in [2.24, 2.45) is 11.8 Å². The summed E-state index contributed by atoms with van der Waals surface area (Å²) in [5, 5.41) is 16.9. The molecule has 3 amide bonds. The van der Waals surface area contributed by atoms with Gasteiger partial charge < -0.3 is 4.90 Å². The van der Waals surface area contributed by atoms with Gasteiger partial charge in [0.2, 0.25) is 11.8 Å². The largest absolute Gasteiger partial charge is 0.322 e. The Bertz CT molecular complexity index is 2370. The van der Waals surface area contributed by atoms with E-state index in [0.29, 0.717) is 53.5 Å². The number of carbonyl (C=O) groups excluding carboxylic acids is 3. The van der Waals surface area contributed by atoms with E-state index in [1.165, 1.54) is 0 Å². The van der Waals surface area contributed by atoms with Crippen molar-refractivity contribution in [3.8, 4) is 41.0 Å². The van der Waals surface area contributed by atoms with E-state index in [1.54, 1.807) is 11.0 Å². The second-order valence-corrected chi connectivity index (χ2v) is 15.6. The summed E-state index contributed by atoms with van der Waals surface area (Å²) in [4.78, 5) is 41.2. The number of piperidine rings is 1. The minimum atomic E-state index is -0.610. The average molecular weight is 749 g/mol. The first-order valence-electron chi connectivity index (χ1n) is 19.0. The molecule has 3 aliphatic heterocycles. The topological polar surface area (TPSA) is 111 Å². The van der Waals surface area contributed by atoms with Gasteiger partial charge in [-0.15, -0.1) is 0 Å². The zero-order valence-corrected chi connectivity index (χ0v) is 31.7. The predicted molar refractivity (Wildman–Crippen MR) is 209 cm³/mol. The lowest BCUT2D eigenvalue weighted by Crippen LogP contribution is -2.52. The van der Waals surface area contributed by atoms with Crippen LogP contribution >= 0.6 is 11.6 Å². The van der Waals surface area contributed by atoms with Crippen LogP contribution in [0.1, 0.15) is 88.0 Å². The highest BCUT2D eigenvalue weighted by Gasteiger charge is 2.39. The maximum Gasteiger partial charge on any atom is 0.255 e. The third-order valence-corrected chi connectivity index (χ3v) is 12.0. The van der Waals surface area contributed by atoms with E-state index in [1.807, 2.05) is 35.0 Å². The van der Waals surface area contributed by atoms with Crippen molar-refractivity contribution in [3.05, 3.63) is 110 Å². The number of hydrogen-bond donors (Lipinski definition) is 1. The van der Waals surface area contributed by atoms with E-state index in [4.69, 9.17) is 16.7 Å². The van der Waals surface area contributed by atoms with E-state index >= 15 is 0 Å². The molecule has 55 heavy (non-hydrogen) atoms. The molecule has 3 fully saturated rings. The van der Waals surface area contributed by atoms with Crippen molar-refractivity contribution < 1.29 is 14.4 Å². The summed E-state index contributed by atoms with van der Waals surface area (Å²) in [5.41, 5.74) is 8.89. The van der Waals surface area contributed by atoms with Crippen molar-refractivity contribution >= 4 is 29.3 Å². The molecule has 1 aromatic heterocycles. The number of halogens is 1. The van der Waals surface area contributed by atoms with E-state index in [-0.39, 0.29) is 18.2 Å². The van der Waals surface area contributed by atoms with Crippen molar-refractivity contribution in [2.45, 2.75) is 77.5 Å². The Morgan fingerprint density at radius 2 is 1.60 bits per heavy atom. The number of imide groups is 1. The molecule has 10 heteroatoms. The van der Waals surface area contributed by atoms with Crippen molar-refractivity contribution in [1.82, 2.24) is 24.9 Å². The van der Waals surface area contributed by atoms with Gasteiger partial charge in [0.25, 0.3) is 5.91 Å². The first-order chi connectivity index (χ1) is 26.6. The van der Waals surface area contributed by atoms with Crippen molar-refractivity contribution in [1.29, 1.82) is 5.26 Å². The highest BCUT2D eigenvalue weighted by molar-refractivity contribution is 6.32. The summed E-state index contributed by atoms with van der Waals surface area (Å²) in [6, 6.07) is 21.7. The van der Waals surface area contributed by atoms with Crippen molar-refractivity contribution in [3.63, 3.8) is 0 Å². The van der Waals surface area contributed by atoms with Gasteiger partial charge in [0.1, 0.15) is 12.1 Å². The number of benzene rings is 3. The van der Waals surface area contributed by atoms with Crippen LogP contribution in [0.25, 0.3) is 11.3 Å². The summed E-state index contributed by atoms with van der Waals surface area (Å²) in [5.74, 6) is 13.6. The minimum Gasteiger partial charge on any atom is -0.322 e. The summed E-state index contributed by atoms with van der Waals surface area (Å²) in [7, 11) is 0. The lowest BCUT2D eigenvalue weighted by molar-refractivity contribution is -0.136. The number of nitriles is 1. The van der Waals surface area contributed by atoms with E-state index < -0.39 is 11.9 Å². The Labute approximate surface area is 326 Å². The predicted octanol–water partition coefficient (Wildman–Crippen LogP) is 6.40. The molecule has 4 aromatic rings. The molecule has 1 aliphatic carbocycles. The van der Waals surface area contributed by atoms with Crippen LogP contribution in [0.3, 0.4) is 0 Å². The summed E-state index contributed by atoms with van der Waals surface area (Å²) >= 11 is 6.30. The fourth-order valence-electron chi connectivity index (χ4n) is 8.17. The Hall–Kier alpha value is -5.66. The molecule has 9 nitrogen and oxygen atoms in total. The minimum absolute atomic E-state index is 0.170. The van der Waals surface area contributed by atoms with Crippen LogP contribution in [0, 0.1) is 60.7 Å². The average Bonchev–Trinajstić information content (AvgIpc) is 3.64. The number of hydrogen-bond acceptors (Lipinski definition) is 6. The smallest absolute Gasteiger partial charge is 0.255 e. The molecule has 0 bridgehead atoms. The van der Waals surface area contributed by atoms with Gasteiger partial charge in [-0.3, -0.25) is 29.3 Å². The standard InChI is InChI=1S/C45H41ClN6O3/c1-28-29(2)52(49-43(28)35-15-16-36(23-47)40(46)22-35)26-33-8-5-30(6-9-33)3-4-31-12-17-38(18-13-31)50-24-34(25-50)10-7-32-11-14-37-27-51(45(55)39(37)21-32)41-19-20-42(53)48-44(41)54/h5-6,8-9,11,14-16,21-22,31,34,38,41H,12-13,17-20,24-27H2,1-2H3,(H,48,53,54). The van der Waals surface area contributed by atoms with Gasteiger partial charge in [-0.2, -0.15) is 10.4 Å². The van der Waals surface area contributed by atoms with Crippen molar-refractivity contribution in [2.75, 3.05) is 13.1 Å². The second kappa shape index (κ2) is 15.2. The highest BCUT2D eigenvalue weighted by atomic mass is 35.5. The van der Waals surface area contributed by atoms with Gasteiger partial charge in [-0.25, -0.2) is 0 Å². The second-order valence-electron chi connectivity index (χ2n) is 15.2. The number of fused-ring (bicyclic) bond motifs is 1. The molecule has 276 valence electrons. The SMILES string of the molecule is Cc1c(-c2ccc(C#N)c(Cl)c2)nn(Cc2ccc(C#CC3CCC(N4CC(C#Cc5ccc6c(c5)C(=O)N(C5CCC(=O)NC5=O)C6)C4)CC3)cc2)c1C. The van der Waals surface area contributed by atoms with Gasteiger partial charge in [0.15, 0.2) is 0 Å². The monoisotopic (exact) mass is 748 g/mol. The fraction of sp³-hybridized carbons (Fsp3) is 0.356. The fourth-order valence-corrected chi connectivity index (χ4v) is 8.40. The Morgan fingerprint density at radius 1 is 0.873 bits per heavy atom. The quantitative estimate of drug-likeness (QED) is 0.187. The van der Waals surface area contributed by atoms with Crippen LogP contribution in [0.2, 0.25) is 5.02 Å². The summed E-state index contributed by atoms with van der Waals surface area (Å²) in [6.07, 6.45) is 5.10. The number of nitrogens with zero attached hydrogens (tertiary/aromatic N) is 5. The molecular weight excluding hydrogens is 708 g/mol. The molecule has 8 rings (SSSR count). The van der Waals surface area contributed by atoms with Gasteiger partial charge >= 0.3 is 0 Å². The molecule has 4 heterocycles. The van der Waals surface area contributed by atoms with Crippen LogP contribution in [0.4, 0.5) is 0 Å². The zero-order chi connectivity index (χ0) is 38.2. The molecule has 1 unspecified atom stereocenters. The van der Waals surface area contributed by atoms with Crippen LogP contribution in [0.5, 0.6) is 0 Å². The first kappa shape index (κ1) is 36.3. The molecule has 1 saturated carbocycles. The van der Waals surface area contributed by atoms with E-state index in [0.717, 1.165) is 83.5 Å². The van der Waals surface area contributed by atoms with Crippen LogP contribution < -0.4 is 5.32 Å². The van der Waals surface area contributed by atoms with E-state index in [9.17, 15) is 19.6 Å². The van der Waals surface area contributed by atoms with Gasteiger partial charge in [-0.1, -0.05) is 59.5 Å². The van der Waals surface area contributed by atoms with Gasteiger partial charge in [0.05, 0.1) is 22.8 Å². The zero-order valence-electron chi connectivity index (χ0n) is 31.0. The lowest BCUT2D eigenvalue weighted by atomic mass is 9.83. The van der Waals surface area contributed by atoms with Gasteiger partial charge in [0, 0.05) is 71.9 Å². The molecule has 2 saturated heterocycles. The molecule has 1 atom stereocenters. The molecule has 0 radical (unpaired) electrons. The number of amides is 3. The third-order valence-electron chi connectivity index (χ3n) is 11.6. The Balaban J connectivity index is 0.795. The molecule has 0 spiro atoms. The molecule has 3 aromatic carbocycles. The van der Waals surface area contributed by atoms with Gasteiger partial charge in [-0.05, 0) is 99.0 Å².